The molecule has 0 aromatic carbocycles. The van der Waals surface area contributed by atoms with Gasteiger partial charge in [0.15, 0.2) is 0 Å². The van der Waals surface area contributed by atoms with Gasteiger partial charge in [0, 0.05) is 25.1 Å². The molecule has 1 aliphatic rings. The van der Waals surface area contributed by atoms with Crippen molar-refractivity contribution in [2.24, 2.45) is 5.84 Å². The highest BCUT2D eigenvalue weighted by Gasteiger charge is 2.39. The number of hydrogen-bond acceptors (Lipinski definition) is 7. The van der Waals surface area contributed by atoms with Gasteiger partial charge < -0.3 is 20.6 Å². The quantitative estimate of drug-likeness (QED) is 0.448. The lowest BCUT2D eigenvalue weighted by molar-refractivity contribution is -0.0176. The molecule has 7 heteroatoms. The zero-order chi connectivity index (χ0) is 13.9. The first-order chi connectivity index (χ1) is 9.10. The minimum absolute atomic E-state index is 0.181. The summed E-state index contributed by atoms with van der Waals surface area (Å²) in [4.78, 5) is 8.27. The zero-order valence-electron chi connectivity index (χ0n) is 11.3. The van der Waals surface area contributed by atoms with E-state index < -0.39 is 5.60 Å². The van der Waals surface area contributed by atoms with Gasteiger partial charge in [0.2, 0.25) is 0 Å². The predicted molar refractivity (Wildman–Crippen MR) is 72.7 cm³/mol. The van der Waals surface area contributed by atoms with Gasteiger partial charge >= 0.3 is 0 Å². The number of nitrogens with one attached hydrogen (secondary N) is 2. The number of anilines is 2. The van der Waals surface area contributed by atoms with E-state index in [2.05, 4.69) is 20.7 Å². The first kappa shape index (κ1) is 14.0. The van der Waals surface area contributed by atoms with Gasteiger partial charge in [-0.2, -0.15) is 0 Å². The van der Waals surface area contributed by atoms with E-state index in [9.17, 15) is 5.11 Å². The Labute approximate surface area is 112 Å². The smallest absolute Gasteiger partial charge is 0.148 e. The molecule has 2 unspecified atom stereocenters. The maximum Gasteiger partial charge on any atom is 0.148 e. The van der Waals surface area contributed by atoms with E-state index in [1.807, 2.05) is 13.8 Å². The van der Waals surface area contributed by atoms with Crippen molar-refractivity contribution >= 4 is 11.6 Å². The van der Waals surface area contributed by atoms with E-state index in [1.54, 1.807) is 0 Å². The molecule has 2 heterocycles. The topological polar surface area (TPSA) is 105 Å². The van der Waals surface area contributed by atoms with Crippen molar-refractivity contribution in [3.63, 3.8) is 0 Å². The maximum atomic E-state index is 10.4. The first-order valence-electron chi connectivity index (χ1n) is 6.49. The van der Waals surface area contributed by atoms with E-state index >= 15 is 0 Å². The standard InChI is InChI=1S/C12H21N5O2/c1-3-9-10(15-7-16-11(9)17-13)14-6-12(18)4-5-19-8(12)2/h7-8,18H,3-6,13H2,1-2H3,(H2,14,15,16,17). The summed E-state index contributed by atoms with van der Waals surface area (Å²) in [7, 11) is 0. The van der Waals surface area contributed by atoms with Crippen molar-refractivity contribution in [1.82, 2.24) is 9.97 Å². The van der Waals surface area contributed by atoms with Crippen LogP contribution in [0.5, 0.6) is 0 Å². The highest BCUT2D eigenvalue weighted by atomic mass is 16.5. The molecule has 0 amide bonds. The summed E-state index contributed by atoms with van der Waals surface area (Å²) in [6.07, 6.45) is 2.62. The average molecular weight is 267 g/mol. The molecule has 0 spiro atoms. The second kappa shape index (κ2) is 5.68. The summed E-state index contributed by atoms with van der Waals surface area (Å²) >= 11 is 0. The minimum atomic E-state index is -0.855. The summed E-state index contributed by atoms with van der Waals surface area (Å²) in [6, 6.07) is 0. The van der Waals surface area contributed by atoms with Crippen molar-refractivity contribution < 1.29 is 9.84 Å². The average Bonchev–Trinajstić information content (AvgIpc) is 2.76. The number of aromatic nitrogens is 2. The summed E-state index contributed by atoms with van der Waals surface area (Å²) in [5.74, 6) is 6.72. The van der Waals surface area contributed by atoms with Gasteiger partial charge in [-0.1, -0.05) is 6.92 Å². The Morgan fingerprint density at radius 2 is 2.26 bits per heavy atom. The van der Waals surface area contributed by atoms with Gasteiger partial charge in [-0.3, -0.25) is 0 Å². The number of aliphatic hydroxyl groups is 1. The SMILES string of the molecule is CCc1c(NN)ncnc1NCC1(O)CCOC1C. The fraction of sp³-hybridized carbons (Fsp3) is 0.667. The summed E-state index contributed by atoms with van der Waals surface area (Å²) in [5, 5.41) is 13.6. The number of hydrogen-bond donors (Lipinski definition) is 4. The van der Waals surface area contributed by atoms with Crippen LogP contribution in [0.2, 0.25) is 0 Å². The summed E-state index contributed by atoms with van der Waals surface area (Å²) in [6.45, 7) is 4.85. The molecule has 1 aliphatic heterocycles. The van der Waals surface area contributed by atoms with Gasteiger partial charge in [-0.25, -0.2) is 15.8 Å². The number of nitrogens with two attached hydrogens (primary N) is 1. The zero-order valence-corrected chi connectivity index (χ0v) is 11.3. The van der Waals surface area contributed by atoms with Crippen LogP contribution in [0.3, 0.4) is 0 Å². The highest BCUT2D eigenvalue weighted by molar-refractivity contribution is 5.56. The van der Waals surface area contributed by atoms with Crippen LogP contribution in [0, 0.1) is 0 Å². The molecule has 1 saturated heterocycles. The van der Waals surface area contributed by atoms with E-state index in [4.69, 9.17) is 10.6 Å². The Kier molecular flexibility index (Phi) is 4.18. The van der Waals surface area contributed by atoms with E-state index in [1.165, 1.54) is 6.33 Å². The normalized spacial score (nSPS) is 26.4. The molecule has 2 rings (SSSR count). The summed E-state index contributed by atoms with van der Waals surface area (Å²) in [5.41, 5.74) is 2.60. The Morgan fingerprint density at radius 1 is 1.53 bits per heavy atom. The third-order valence-electron chi connectivity index (χ3n) is 3.66. The third-order valence-corrected chi connectivity index (χ3v) is 3.66. The molecule has 19 heavy (non-hydrogen) atoms. The van der Waals surface area contributed by atoms with E-state index in [-0.39, 0.29) is 6.10 Å². The fourth-order valence-electron chi connectivity index (χ4n) is 2.26. The monoisotopic (exact) mass is 267 g/mol. The van der Waals surface area contributed by atoms with Crippen LogP contribution < -0.4 is 16.6 Å². The fourth-order valence-corrected chi connectivity index (χ4v) is 2.26. The van der Waals surface area contributed by atoms with Gasteiger partial charge in [-0.05, 0) is 13.3 Å². The lowest BCUT2D eigenvalue weighted by atomic mass is 9.96. The van der Waals surface area contributed by atoms with E-state index in [0.29, 0.717) is 31.2 Å². The molecule has 0 saturated carbocycles. The van der Waals surface area contributed by atoms with Crippen LogP contribution in [0.1, 0.15) is 25.8 Å². The van der Waals surface area contributed by atoms with Crippen LogP contribution in [0.15, 0.2) is 6.33 Å². The second-order valence-electron chi connectivity index (χ2n) is 4.77. The van der Waals surface area contributed by atoms with Gasteiger partial charge in [0.25, 0.3) is 0 Å². The van der Waals surface area contributed by atoms with Crippen LogP contribution in [0.4, 0.5) is 11.6 Å². The number of ether oxygens (including phenoxy) is 1. The molecular formula is C12H21N5O2. The molecule has 106 valence electrons. The molecule has 7 nitrogen and oxygen atoms in total. The predicted octanol–water partition coefficient (Wildman–Crippen LogP) is 0.276. The molecule has 1 aromatic rings. The third kappa shape index (κ3) is 2.78. The van der Waals surface area contributed by atoms with Crippen LogP contribution in [-0.4, -0.2) is 39.9 Å². The molecule has 2 atom stereocenters. The van der Waals surface area contributed by atoms with Crippen LogP contribution >= 0.6 is 0 Å². The van der Waals surface area contributed by atoms with E-state index in [0.717, 1.165) is 12.0 Å². The summed E-state index contributed by atoms with van der Waals surface area (Å²) < 4.78 is 5.40. The highest BCUT2D eigenvalue weighted by Crippen LogP contribution is 2.27. The Bertz CT molecular complexity index is 442. The Morgan fingerprint density at radius 3 is 2.84 bits per heavy atom. The largest absolute Gasteiger partial charge is 0.385 e. The number of hydrazine groups is 1. The van der Waals surface area contributed by atoms with Gasteiger partial charge in [0.05, 0.1) is 6.10 Å². The van der Waals surface area contributed by atoms with Crippen LogP contribution in [-0.2, 0) is 11.2 Å². The number of rotatable bonds is 5. The van der Waals surface area contributed by atoms with Crippen molar-refractivity contribution in [1.29, 1.82) is 0 Å². The van der Waals surface area contributed by atoms with Gasteiger partial charge in [-0.15, -0.1) is 0 Å². The molecule has 0 radical (unpaired) electrons. The van der Waals surface area contributed by atoms with Crippen LogP contribution in [0.25, 0.3) is 0 Å². The van der Waals surface area contributed by atoms with Crippen molar-refractivity contribution in [2.75, 3.05) is 23.9 Å². The maximum absolute atomic E-state index is 10.4. The molecule has 0 aliphatic carbocycles. The Balaban J connectivity index is 2.11. The molecular weight excluding hydrogens is 246 g/mol. The lowest BCUT2D eigenvalue weighted by Gasteiger charge is -2.27. The van der Waals surface area contributed by atoms with Gasteiger partial charge in [0.1, 0.15) is 23.6 Å². The molecule has 1 aromatic heterocycles. The molecule has 5 N–H and O–H groups in total. The lowest BCUT2D eigenvalue weighted by Crippen LogP contribution is -2.43. The molecule has 1 fully saturated rings. The Hall–Kier alpha value is -1.44. The number of nitrogens with zero attached hydrogens (tertiary/aromatic N) is 2. The number of nitrogen functional groups attached to an aromatic ring is 1. The van der Waals surface area contributed by atoms with Crippen molar-refractivity contribution in [3.05, 3.63) is 11.9 Å². The van der Waals surface area contributed by atoms with Crippen molar-refractivity contribution in [3.8, 4) is 0 Å². The minimum Gasteiger partial charge on any atom is -0.385 e. The van der Waals surface area contributed by atoms with Crippen molar-refractivity contribution in [2.45, 2.75) is 38.4 Å². The molecule has 0 bridgehead atoms. The second-order valence-corrected chi connectivity index (χ2v) is 4.77. The first-order valence-corrected chi connectivity index (χ1v) is 6.49.